The molecular weight excluding hydrogens is 254 g/mol. The molecule has 0 aliphatic carbocycles. The van der Waals surface area contributed by atoms with Gasteiger partial charge in [-0.25, -0.2) is 0 Å². The summed E-state index contributed by atoms with van der Waals surface area (Å²) in [5, 5.41) is 3.60. The normalized spacial score (nSPS) is 25.6. The molecule has 4 heteroatoms. The number of anilines is 1. The van der Waals surface area contributed by atoms with E-state index >= 15 is 0 Å². The highest BCUT2D eigenvalue weighted by molar-refractivity contribution is 5.55. The molecule has 1 aromatic rings. The van der Waals surface area contributed by atoms with E-state index in [0.29, 0.717) is 31.3 Å². The van der Waals surface area contributed by atoms with Gasteiger partial charge in [0.25, 0.3) is 0 Å². The Morgan fingerprint density at radius 1 is 1.10 bits per heavy atom. The van der Waals surface area contributed by atoms with E-state index in [9.17, 15) is 0 Å². The zero-order valence-electron chi connectivity index (χ0n) is 12.2. The van der Waals surface area contributed by atoms with E-state index in [2.05, 4.69) is 25.2 Å². The molecule has 3 rings (SSSR count). The first-order valence-corrected chi connectivity index (χ1v) is 7.50. The SMILES string of the molecule is CC(C)C1CC(Nc2ccc3c(c2)OCCO3)CCO1. The first-order chi connectivity index (χ1) is 9.72. The van der Waals surface area contributed by atoms with Crippen molar-refractivity contribution in [2.45, 2.75) is 38.8 Å². The lowest BCUT2D eigenvalue weighted by Gasteiger charge is -2.33. The van der Waals surface area contributed by atoms with Gasteiger partial charge in [-0.2, -0.15) is 0 Å². The van der Waals surface area contributed by atoms with Crippen molar-refractivity contribution in [1.82, 2.24) is 0 Å². The van der Waals surface area contributed by atoms with Gasteiger partial charge >= 0.3 is 0 Å². The zero-order chi connectivity index (χ0) is 13.9. The van der Waals surface area contributed by atoms with E-state index in [-0.39, 0.29) is 0 Å². The summed E-state index contributed by atoms with van der Waals surface area (Å²) in [5.74, 6) is 2.25. The molecule has 2 aliphatic heterocycles. The monoisotopic (exact) mass is 277 g/mol. The second-order valence-corrected chi connectivity index (χ2v) is 5.88. The third-order valence-electron chi connectivity index (χ3n) is 3.97. The lowest BCUT2D eigenvalue weighted by molar-refractivity contribution is -0.0160. The second kappa shape index (κ2) is 5.92. The third-order valence-corrected chi connectivity index (χ3v) is 3.97. The Kier molecular flexibility index (Phi) is 4.01. The predicted octanol–water partition coefficient (Wildman–Crippen LogP) is 3.07. The number of hydrogen-bond donors (Lipinski definition) is 1. The summed E-state index contributed by atoms with van der Waals surface area (Å²) < 4.78 is 17.0. The van der Waals surface area contributed by atoms with E-state index in [4.69, 9.17) is 14.2 Å². The molecule has 0 aromatic heterocycles. The Balaban J connectivity index is 1.65. The third kappa shape index (κ3) is 3.01. The summed E-state index contributed by atoms with van der Waals surface area (Å²) in [7, 11) is 0. The minimum absolute atomic E-state index is 0.360. The van der Waals surface area contributed by atoms with Crippen LogP contribution in [-0.2, 0) is 4.74 Å². The van der Waals surface area contributed by atoms with Gasteiger partial charge in [0.05, 0.1) is 6.10 Å². The summed E-state index contributed by atoms with van der Waals surface area (Å²) in [6.07, 6.45) is 2.47. The molecule has 4 nitrogen and oxygen atoms in total. The minimum Gasteiger partial charge on any atom is -0.486 e. The lowest BCUT2D eigenvalue weighted by atomic mass is 9.95. The van der Waals surface area contributed by atoms with Gasteiger partial charge in [-0.05, 0) is 30.9 Å². The van der Waals surface area contributed by atoms with Crippen LogP contribution in [0.3, 0.4) is 0 Å². The van der Waals surface area contributed by atoms with Crippen molar-refractivity contribution in [3.63, 3.8) is 0 Å². The summed E-state index contributed by atoms with van der Waals surface area (Å²) in [5.41, 5.74) is 1.10. The van der Waals surface area contributed by atoms with Gasteiger partial charge in [0.1, 0.15) is 13.2 Å². The van der Waals surface area contributed by atoms with Crippen LogP contribution in [0.5, 0.6) is 11.5 Å². The molecule has 0 spiro atoms. The van der Waals surface area contributed by atoms with Gasteiger partial charge in [-0.3, -0.25) is 0 Å². The highest BCUT2D eigenvalue weighted by Gasteiger charge is 2.25. The molecule has 2 atom stereocenters. The molecule has 1 aromatic carbocycles. The number of nitrogens with one attached hydrogen (secondary N) is 1. The Labute approximate surface area is 120 Å². The van der Waals surface area contributed by atoms with Gasteiger partial charge < -0.3 is 19.5 Å². The second-order valence-electron chi connectivity index (χ2n) is 5.88. The van der Waals surface area contributed by atoms with Crippen LogP contribution < -0.4 is 14.8 Å². The number of ether oxygens (including phenoxy) is 3. The largest absolute Gasteiger partial charge is 0.486 e. The van der Waals surface area contributed by atoms with E-state index in [0.717, 1.165) is 36.6 Å². The van der Waals surface area contributed by atoms with E-state index in [1.165, 1.54) is 0 Å². The number of benzene rings is 1. The zero-order valence-corrected chi connectivity index (χ0v) is 12.2. The molecule has 0 bridgehead atoms. The minimum atomic E-state index is 0.360. The number of hydrogen-bond acceptors (Lipinski definition) is 4. The van der Waals surface area contributed by atoms with Crippen molar-refractivity contribution in [2.75, 3.05) is 25.1 Å². The molecule has 0 radical (unpaired) electrons. The molecule has 0 saturated carbocycles. The average molecular weight is 277 g/mol. The van der Waals surface area contributed by atoms with E-state index < -0.39 is 0 Å². The van der Waals surface area contributed by atoms with Crippen LogP contribution in [0.1, 0.15) is 26.7 Å². The first kappa shape index (κ1) is 13.6. The van der Waals surface area contributed by atoms with Crippen LogP contribution in [-0.4, -0.2) is 32.0 Å². The van der Waals surface area contributed by atoms with Crippen LogP contribution in [0.25, 0.3) is 0 Å². The van der Waals surface area contributed by atoms with Crippen molar-refractivity contribution >= 4 is 5.69 Å². The van der Waals surface area contributed by atoms with E-state index in [1.807, 2.05) is 12.1 Å². The molecule has 2 aliphatic rings. The van der Waals surface area contributed by atoms with Crippen LogP contribution in [0.2, 0.25) is 0 Å². The van der Waals surface area contributed by atoms with Crippen molar-refractivity contribution in [3.05, 3.63) is 18.2 Å². The molecule has 1 N–H and O–H groups in total. The van der Waals surface area contributed by atoms with Crippen LogP contribution in [0, 0.1) is 5.92 Å². The fraction of sp³-hybridized carbons (Fsp3) is 0.625. The highest BCUT2D eigenvalue weighted by atomic mass is 16.6. The topological polar surface area (TPSA) is 39.7 Å². The molecular formula is C16H23NO3. The Morgan fingerprint density at radius 3 is 2.70 bits per heavy atom. The maximum absolute atomic E-state index is 5.81. The van der Waals surface area contributed by atoms with Gasteiger partial charge in [0, 0.05) is 24.4 Å². The van der Waals surface area contributed by atoms with Gasteiger partial charge in [-0.1, -0.05) is 13.8 Å². The number of rotatable bonds is 3. The van der Waals surface area contributed by atoms with Crippen molar-refractivity contribution in [3.8, 4) is 11.5 Å². The maximum Gasteiger partial charge on any atom is 0.163 e. The Morgan fingerprint density at radius 2 is 1.90 bits per heavy atom. The van der Waals surface area contributed by atoms with Crippen molar-refractivity contribution < 1.29 is 14.2 Å². The smallest absolute Gasteiger partial charge is 0.163 e. The summed E-state index contributed by atoms with van der Waals surface area (Å²) >= 11 is 0. The highest BCUT2D eigenvalue weighted by Crippen LogP contribution is 2.33. The van der Waals surface area contributed by atoms with Crippen LogP contribution >= 0.6 is 0 Å². The van der Waals surface area contributed by atoms with Gasteiger partial charge in [0.15, 0.2) is 11.5 Å². The van der Waals surface area contributed by atoms with E-state index in [1.54, 1.807) is 0 Å². The molecule has 20 heavy (non-hydrogen) atoms. The van der Waals surface area contributed by atoms with Crippen LogP contribution in [0.15, 0.2) is 18.2 Å². The molecule has 1 saturated heterocycles. The molecule has 2 unspecified atom stereocenters. The Bertz CT molecular complexity index is 461. The average Bonchev–Trinajstić information content (AvgIpc) is 2.47. The predicted molar refractivity (Wildman–Crippen MR) is 78.7 cm³/mol. The Hall–Kier alpha value is -1.42. The summed E-state index contributed by atoms with van der Waals surface area (Å²) in [6.45, 7) is 6.54. The van der Waals surface area contributed by atoms with Crippen LogP contribution in [0.4, 0.5) is 5.69 Å². The molecule has 1 fully saturated rings. The maximum atomic E-state index is 5.81. The van der Waals surface area contributed by atoms with Crippen molar-refractivity contribution in [1.29, 1.82) is 0 Å². The fourth-order valence-corrected chi connectivity index (χ4v) is 2.79. The van der Waals surface area contributed by atoms with Gasteiger partial charge in [0.2, 0.25) is 0 Å². The molecule has 0 amide bonds. The fourth-order valence-electron chi connectivity index (χ4n) is 2.79. The van der Waals surface area contributed by atoms with Crippen molar-refractivity contribution in [2.24, 2.45) is 5.92 Å². The molecule has 110 valence electrons. The quantitative estimate of drug-likeness (QED) is 0.921. The first-order valence-electron chi connectivity index (χ1n) is 7.50. The molecule has 2 heterocycles. The summed E-state index contributed by atoms with van der Waals surface area (Å²) in [4.78, 5) is 0. The number of fused-ring (bicyclic) bond motifs is 1. The standard InChI is InChI=1S/C16H23NO3/c1-11(2)15-9-13(5-6-18-15)17-12-3-4-14-16(10-12)20-8-7-19-14/h3-4,10-11,13,15,17H,5-9H2,1-2H3. The lowest BCUT2D eigenvalue weighted by Crippen LogP contribution is -2.36. The summed E-state index contributed by atoms with van der Waals surface area (Å²) in [6, 6.07) is 6.55. The van der Waals surface area contributed by atoms with Gasteiger partial charge in [-0.15, -0.1) is 0 Å².